The number of nitrogens with zero attached hydrogens (tertiary/aromatic N) is 1. The maximum atomic E-state index is 12.3. The van der Waals surface area contributed by atoms with Gasteiger partial charge >= 0.3 is 6.09 Å². The molecule has 1 aromatic carbocycles. The van der Waals surface area contributed by atoms with Gasteiger partial charge in [-0.05, 0) is 24.5 Å². The van der Waals surface area contributed by atoms with Crippen LogP contribution in [0.2, 0.25) is 0 Å². The zero-order valence-corrected chi connectivity index (χ0v) is 15.4. The second kappa shape index (κ2) is 10.1. The number of amides is 2. The summed E-state index contributed by atoms with van der Waals surface area (Å²) in [5.74, 6) is -0.00530. The molecular weight excluding hydrogens is 346 g/mol. The number of carbonyl (C=O) groups excluding carboxylic acids is 2. The molecule has 3 rings (SSSR count). The second-order valence-corrected chi connectivity index (χ2v) is 6.78. The van der Waals surface area contributed by atoms with E-state index in [1.165, 1.54) is 0 Å². The van der Waals surface area contributed by atoms with Crippen molar-refractivity contribution >= 4 is 12.0 Å². The SMILES string of the molecule is O=C(NC1CCN(C(=O)/C=C/[C@@H]2CNCCO2)CC1)OCc1ccccc1. The van der Waals surface area contributed by atoms with Crippen LogP contribution in [-0.4, -0.2) is 61.8 Å². The topological polar surface area (TPSA) is 79.9 Å². The maximum Gasteiger partial charge on any atom is 0.407 e. The van der Waals surface area contributed by atoms with Gasteiger partial charge in [0.2, 0.25) is 5.91 Å². The maximum absolute atomic E-state index is 12.3. The Kier molecular flexibility index (Phi) is 7.24. The van der Waals surface area contributed by atoms with E-state index in [-0.39, 0.29) is 24.7 Å². The Hall–Kier alpha value is -2.38. The summed E-state index contributed by atoms with van der Waals surface area (Å²) in [5, 5.41) is 6.12. The van der Waals surface area contributed by atoms with Crippen LogP contribution in [0.5, 0.6) is 0 Å². The lowest BCUT2D eigenvalue weighted by molar-refractivity contribution is -0.127. The predicted octanol–water partition coefficient (Wildman–Crippen LogP) is 1.45. The van der Waals surface area contributed by atoms with Crippen LogP contribution in [0.25, 0.3) is 0 Å². The summed E-state index contributed by atoms with van der Waals surface area (Å²) in [7, 11) is 0. The van der Waals surface area contributed by atoms with E-state index >= 15 is 0 Å². The largest absolute Gasteiger partial charge is 0.445 e. The number of ether oxygens (including phenoxy) is 2. The summed E-state index contributed by atoms with van der Waals surface area (Å²) in [4.78, 5) is 26.0. The Balaban J connectivity index is 1.35. The lowest BCUT2D eigenvalue weighted by Crippen LogP contribution is -2.46. The minimum Gasteiger partial charge on any atom is -0.445 e. The summed E-state index contributed by atoms with van der Waals surface area (Å²) >= 11 is 0. The third-order valence-electron chi connectivity index (χ3n) is 4.75. The summed E-state index contributed by atoms with van der Waals surface area (Å²) < 4.78 is 10.8. The lowest BCUT2D eigenvalue weighted by Gasteiger charge is -2.31. The van der Waals surface area contributed by atoms with Crippen LogP contribution in [0.4, 0.5) is 4.79 Å². The van der Waals surface area contributed by atoms with Gasteiger partial charge < -0.3 is 25.0 Å². The van der Waals surface area contributed by atoms with Crippen molar-refractivity contribution in [2.24, 2.45) is 0 Å². The van der Waals surface area contributed by atoms with E-state index in [2.05, 4.69) is 10.6 Å². The zero-order chi connectivity index (χ0) is 18.9. The van der Waals surface area contributed by atoms with Gasteiger partial charge in [-0.25, -0.2) is 4.79 Å². The normalized spacial score (nSPS) is 21.2. The molecule has 2 saturated heterocycles. The quantitative estimate of drug-likeness (QED) is 0.764. The van der Waals surface area contributed by atoms with E-state index in [9.17, 15) is 9.59 Å². The molecule has 2 fully saturated rings. The molecule has 0 spiro atoms. The molecule has 0 aliphatic carbocycles. The van der Waals surface area contributed by atoms with Crippen LogP contribution < -0.4 is 10.6 Å². The Labute approximate surface area is 159 Å². The Morgan fingerprint density at radius 1 is 1.26 bits per heavy atom. The van der Waals surface area contributed by atoms with Crippen molar-refractivity contribution in [1.82, 2.24) is 15.5 Å². The van der Waals surface area contributed by atoms with E-state index < -0.39 is 6.09 Å². The number of benzene rings is 1. The molecule has 0 bridgehead atoms. The molecule has 1 aromatic rings. The molecule has 0 radical (unpaired) electrons. The molecule has 2 heterocycles. The number of likely N-dealkylation sites (tertiary alicyclic amines) is 1. The lowest BCUT2D eigenvalue weighted by atomic mass is 10.1. The van der Waals surface area contributed by atoms with Gasteiger partial charge in [-0.2, -0.15) is 0 Å². The standard InChI is InChI=1S/C20H27N3O4/c24-19(7-6-18-14-21-10-13-26-18)23-11-8-17(9-12-23)22-20(25)27-15-16-4-2-1-3-5-16/h1-7,17-18,21H,8-15H2,(H,22,25)/b7-6+/t18-/m1/s1. The molecule has 2 aliphatic heterocycles. The predicted molar refractivity (Wildman–Crippen MR) is 101 cm³/mol. The van der Waals surface area contributed by atoms with Gasteiger partial charge in [-0.1, -0.05) is 30.3 Å². The number of rotatable bonds is 5. The van der Waals surface area contributed by atoms with Crippen LogP contribution in [0, 0.1) is 0 Å². The van der Waals surface area contributed by atoms with Crippen LogP contribution >= 0.6 is 0 Å². The number of nitrogens with one attached hydrogen (secondary N) is 2. The average molecular weight is 373 g/mol. The number of piperidine rings is 1. The molecule has 2 amide bonds. The first-order valence-electron chi connectivity index (χ1n) is 9.47. The van der Waals surface area contributed by atoms with Crippen molar-refractivity contribution in [3.63, 3.8) is 0 Å². The van der Waals surface area contributed by atoms with Crippen molar-refractivity contribution in [2.75, 3.05) is 32.8 Å². The van der Waals surface area contributed by atoms with Gasteiger partial charge in [0.05, 0.1) is 12.7 Å². The number of hydrogen-bond donors (Lipinski definition) is 2. The molecule has 7 heteroatoms. The first-order chi connectivity index (χ1) is 13.2. The Morgan fingerprint density at radius 3 is 2.74 bits per heavy atom. The summed E-state index contributed by atoms with van der Waals surface area (Å²) in [6.07, 6.45) is 4.41. The monoisotopic (exact) mass is 373 g/mol. The van der Waals surface area contributed by atoms with Crippen LogP contribution in [-0.2, 0) is 20.9 Å². The van der Waals surface area contributed by atoms with E-state index in [0.29, 0.717) is 19.7 Å². The number of alkyl carbamates (subject to hydrolysis) is 1. The van der Waals surface area contributed by atoms with Crippen molar-refractivity contribution in [3.8, 4) is 0 Å². The fraction of sp³-hybridized carbons (Fsp3) is 0.500. The molecule has 2 N–H and O–H groups in total. The first kappa shape index (κ1) is 19.4. The van der Waals surface area contributed by atoms with Gasteiger partial charge in [0.1, 0.15) is 6.61 Å². The fourth-order valence-corrected chi connectivity index (χ4v) is 3.18. The minimum absolute atomic E-state index is 0.00530. The molecule has 0 saturated carbocycles. The third-order valence-corrected chi connectivity index (χ3v) is 4.75. The molecule has 1 atom stereocenters. The van der Waals surface area contributed by atoms with Gasteiger partial charge in [-0.15, -0.1) is 0 Å². The number of morpholine rings is 1. The molecule has 27 heavy (non-hydrogen) atoms. The Bertz CT molecular complexity index is 636. The van der Waals surface area contributed by atoms with Crippen LogP contribution in [0.3, 0.4) is 0 Å². The highest BCUT2D eigenvalue weighted by Gasteiger charge is 2.23. The average Bonchev–Trinajstić information content (AvgIpc) is 2.72. The zero-order valence-electron chi connectivity index (χ0n) is 15.4. The summed E-state index contributed by atoms with van der Waals surface area (Å²) in [6, 6.07) is 9.61. The number of carbonyl (C=O) groups is 2. The smallest absolute Gasteiger partial charge is 0.407 e. The fourth-order valence-electron chi connectivity index (χ4n) is 3.18. The van der Waals surface area contributed by atoms with Crippen LogP contribution in [0.1, 0.15) is 18.4 Å². The highest BCUT2D eigenvalue weighted by Crippen LogP contribution is 2.12. The highest BCUT2D eigenvalue weighted by atomic mass is 16.5. The molecule has 0 aromatic heterocycles. The molecule has 2 aliphatic rings. The van der Waals surface area contributed by atoms with E-state index in [1.54, 1.807) is 11.0 Å². The van der Waals surface area contributed by atoms with Crippen molar-refractivity contribution in [2.45, 2.75) is 31.6 Å². The van der Waals surface area contributed by atoms with E-state index in [0.717, 1.165) is 31.5 Å². The van der Waals surface area contributed by atoms with Gasteiger partial charge in [-0.3, -0.25) is 4.79 Å². The highest BCUT2D eigenvalue weighted by molar-refractivity contribution is 5.87. The summed E-state index contributed by atoms with van der Waals surface area (Å²) in [6.45, 7) is 3.76. The van der Waals surface area contributed by atoms with Gasteiger partial charge in [0, 0.05) is 38.3 Å². The molecule has 7 nitrogen and oxygen atoms in total. The first-order valence-corrected chi connectivity index (χ1v) is 9.47. The van der Waals surface area contributed by atoms with E-state index in [4.69, 9.17) is 9.47 Å². The van der Waals surface area contributed by atoms with Crippen molar-refractivity contribution in [1.29, 1.82) is 0 Å². The second-order valence-electron chi connectivity index (χ2n) is 6.78. The van der Waals surface area contributed by atoms with Gasteiger partial charge in [0.15, 0.2) is 0 Å². The molecular formula is C20H27N3O4. The number of hydrogen-bond acceptors (Lipinski definition) is 5. The van der Waals surface area contributed by atoms with Gasteiger partial charge in [0.25, 0.3) is 0 Å². The third kappa shape index (κ3) is 6.37. The minimum atomic E-state index is -0.412. The molecule has 146 valence electrons. The Morgan fingerprint density at radius 2 is 2.04 bits per heavy atom. The van der Waals surface area contributed by atoms with Crippen LogP contribution in [0.15, 0.2) is 42.5 Å². The van der Waals surface area contributed by atoms with E-state index in [1.807, 2.05) is 36.4 Å². The molecule has 0 unspecified atom stereocenters. The van der Waals surface area contributed by atoms with Crippen molar-refractivity contribution < 1.29 is 19.1 Å². The summed E-state index contributed by atoms with van der Waals surface area (Å²) in [5.41, 5.74) is 0.956. The van der Waals surface area contributed by atoms with Crippen molar-refractivity contribution in [3.05, 3.63) is 48.0 Å².